The predicted molar refractivity (Wildman–Crippen MR) is 141 cm³/mol. The summed E-state index contributed by atoms with van der Waals surface area (Å²) in [5, 5.41) is 3.77. The standard InChI is InChI=1S/C26H38N2O6S2/c1-5-7-15-26(6-2)18-36(32,33)23-16-20(13-14-24(29)28-35(4,30)31)22(34-3)17-21(23)25(27-26)19-11-9-8-10-12-19/h8-9,11,16-17,25,27H,5-7,10,12-15,18H2,1-4H3,(H,28,29)/t25-,26-/m1/s1. The van der Waals surface area contributed by atoms with E-state index in [0.717, 1.165) is 43.9 Å². The maximum atomic E-state index is 13.9. The van der Waals surface area contributed by atoms with E-state index in [1.165, 1.54) is 7.11 Å². The van der Waals surface area contributed by atoms with Crippen LogP contribution in [0, 0.1) is 0 Å². The number of nitrogens with one attached hydrogen (secondary N) is 2. The van der Waals surface area contributed by atoms with E-state index in [1.54, 1.807) is 12.1 Å². The maximum absolute atomic E-state index is 13.9. The molecule has 2 atom stereocenters. The maximum Gasteiger partial charge on any atom is 0.233 e. The average molecular weight is 539 g/mol. The topological polar surface area (TPSA) is 119 Å². The highest BCUT2D eigenvalue weighted by molar-refractivity contribution is 7.91. The molecular formula is C26H38N2O6S2. The number of sulfone groups is 1. The molecule has 200 valence electrons. The summed E-state index contributed by atoms with van der Waals surface area (Å²) in [4.78, 5) is 12.4. The van der Waals surface area contributed by atoms with Gasteiger partial charge in [-0.3, -0.25) is 14.8 Å². The van der Waals surface area contributed by atoms with Gasteiger partial charge < -0.3 is 4.74 Å². The number of fused-ring (bicyclic) bond motifs is 1. The molecule has 1 aliphatic carbocycles. The largest absolute Gasteiger partial charge is 0.496 e. The first-order valence-corrected chi connectivity index (χ1v) is 16.1. The van der Waals surface area contributed by atoms with Crippen molar-refractivity contribution in [3.8, 4) is 5.75 Å². The number of hydrogen-bond acceptors (Lipinski definition) is 7. The zero-order valence-corrected chi connectivity index (χ0v) is 23.2. The second-order valence-corrected chi connectivity index (χ2v) is 13.5. The molecule has 10 heteroatoms. The van der Waals surface area contributed by atoms with Gasteiger partial charge in [0, 0.05) is 12.0 Å². The molecule has 36 heavy (non-hydrogen) atoms. The number of ether oxygens (including phenoxy) is 1. The third-order valence-electron chi connectivity index (χ3n) is 7.00. The number of unbranched alkanes of at least 4 members (excludes halogenated alkanes) is 1. The molecule has 1 heterocycles. The van der Waals surface area contributed by atoms with Crippen LogP contribution in [0.3, 0.4) is 0 Å². The van der Waals surface area contributed by atoms with Crippen molar-refractivity contribution < 1.29 is 26.4 Å². The average Bonchev–Trinajstić information content (AvgIpc) is 2.92. The van der Waals surface area contributed by atoms with Crippen molar-refractivity contribution in [1.29, 1.82) is 0 Å². The van der Waals surface area contributed by atoms with Crippen LogP contribution in [-0.4, -0.2) is 47.4 Å². The molecule has 0 spiro atoms. The molecule has 0 unspecified atom stereocenters. The first kappa shape index (κ1) is 28.4. The summed E-state index contributed by atoms with van der Waals surface area (Å²) in [5.41, 5.74) is 1.78. The van der Waals surface area contributed by atoms with Crippen LogP contribution >= 0.6 is 0 Å². The number of carbonyl (C=O) groups excluding carboxylic acids is 1. The molecule has 0 bridgehead atoms. The summed E-state index contributed by atoms with van der Waals surface area (Å²) >= 11 is 0. The third-order valence-corrected chi connectivity index (χ3v) is 9.55. The van der Waals surface area contributed by atoms with E-state index in [-0.39, 0.29) is 29.5 Å². The second kappa shape index (κ2) is 11.5. The molecule has 1 aromatic rings. The van der Waals surface area contributed by atoms with Gasteiger partial charge in [-0.25, -0.2) is 16.8 Å². The Labute approximate surface area is 215 Å². The zero-order chi connectivity index (χ0) is 26.6. The van der Waals surface area contributed by atoms with Crippen molar-refractivity contribution in [3.05, 3.63) is 47.1 Å². The van der Waals surface area contributed by atoms with E-state index < -0.39 is 31.3 Å². The first-order valence-electron chi connectivity index (χ1n) is 12.5. The molecule has 0 aromatic heterocycles. The number of rotatable bonds is 10. The van der Waals surface area contributed by atoms with Crippen molar-refractivity contribution in [1.82, 2.24) is 10.0 Å². The van der Waals surface area contributed by atoms with Gasteiger partial charge in [-0.15, -0.1) is 0 Å². The Morgan fingerprint density at radius 3 is 2.61 bits per heavy atom. The van der Waals surface area contributed by atoms with Crippen LogP contribution < -0.4 is 14.8 Å². The van der Waals surface area contributed by atoms with Crippen LogP contribution in [0.5, 0.6) is 5.75 Å². The fraction of sp³-hybridized carbons (Fsp3) is 0.577. The SMILES string of the molecule is CCCC[C@]1(CC)CS(=O)(=O)c2cc(CCC(=O)NS(C)(=O)=O)c(OC)cc2[C@@H](C2=CC=CCC2)N1. The third kappa shape index (κ3) is 6.77. The number of amides is 1. The molecule has 2 aliphatic rings. The van der Waals surface area contributed by atoms with Crippen molar-refractivity contribution in [3.63, 3.8) is 0 Å². The van der Waals surface area contributed by atoms with Crippen LogP contribution in [0.1, 0.15) is 76.0 Å². The Kier molecular flexibility index (Phi) is 9.06. The van der Waals surface area contributed by atoms with Crippen LogP contribution in [0.2, 0.25) is 0 Å². The van der Waals surface area contributed by atoms with Crippen LogP contribution in [0.4, 0.5) is 0 Å². The monoisotopic (exact) mass is 538 g/mol. The lowest BCUT2D eigenvalue weighted by Gasteiger charge is -2.37. The van der Waals surface area contributed by atoms with E-state index in [2.05, 4.69) is 24.4 Å². The molecule has 0 saturated carbocycles. The minimum Gasteiger partial charge on any atom is -0.496 e. The molecule has 3 rings (SSSR count). The van der Waals surface area contributed by atoms with E-state index in [4.69, 9.17) is 4.74 Å². The normalized spacial score (nSPS) is 23.3. The Morgan fingerprint density at radius 1 is 1.28 bits per heavy atom. The highest BCUT2D eigenvalue weighted by Gasteiger charge is 2.42. The summed E-state index contributed by atoms with van der Waals surface area (Å²) in [6.07, 6.45) is 12.2. The highest BCUT2D eigenvalue weighted by Crippen LogP contribution is 2.42. The van der Waals surface area contributed by atoms with Crippen molar-refractivity contribution in [2.45, 2.75) is 81.7 Å². The summed E-state index contributed by atoms with van der Waals surface area (Å²) < 4.78 is 58.1. The second-order valence-electron chi connectivity index (χ2n) is 9.78. The Morgan fingerprint density at radius 2 is 2.03 bits per heavy atom. The fourth-order valence-corrected chi connectivity index (χ4v) is 7.75. The van der Waals surface area contributed by atoms with Crippen molar-refractivity contribution >= 4 is 25.8 Å². The Bertz CT molecular complexity index is 1250. The van der Waals surface area contributed by atoms with E-state index >= 15 is 0 Å². The number of methoxy groups -OCH3 is 1. The lowest BCUT2D eigenvalue weighted by Crippen LogP contribution is -2.50. The fourth-order valence-electron chi connectivity index (χ4n) is 5.07. The smallest absolute Gasteiger partial charge is 0.233 e. The summed E-state index contributed by atoms with van der Waals surface area (Å²) in [7, 11) is -5.84. The highest BCUT2D eigenvalue weighted by atomic mass is 32.2. The lowest BCUT2D eigenvalue weighted by atomic mass is 9.85. The molecule has 1 aliphatic heterocycles. The first-order chi connectivity index (χ1) is 16.9. The van der Waals surface area contributed by atoms with Gasteiger partial charge in [0.15, 0.2) is 9.84 Å². The van der Waals surface area contributed by atoms with Gasteiger partial charge in [0.25, 0.3) is 0 Å². The number of carbonyl (C=O) groups is 1. The quantitative estimate of drug-likeness (QED) is 0.466. The van der Waals surface area contributed by atoms with Crippen LogP contribution in [0.25, 0.3) is 0 Å². The molecule has 0 fully saturated rings. The molecule has 2 N–H and O–H groups in total. The van der Waals surface area contributed by atoms with E-state index in [0.29, 0.717) is 23.3 Å². The summed E-state index contributed by atoms with van der Waals surface area (Å²) in [6.45, 7) is 4.14. The lowest BCUT2D eigenvalue weighted by molar-refractivity contribution is -0.119. The van der Waals surface area contributed by atoms with Gasteiger partial charge in [0.05, 0.1) is 30.1 Å². The number of hydrogen-bond donors (Lipinski definition) is 2. The number of allylic oxidation sites excluding steroid dienone is 3. The van der Waals surface area contributed by atoms with Gasteiger partial charge >= 0.3 is 0 Å². The Hall–Kier alpha value is -2.17. The van der Waals surface area contributed by atoms with Gasteiger partial charge in [0.1, 0.15) is 5.75 Å². The Balaban J connectivity index is 2.11. The molecule has 1 aromatic carbocycles. The van der Waals surface area contributed by atoms with Crippen molar-refractivity contribution in [2.24, 2.45) is 0 Å². The van der Waals surface area contributed by atoms with E-state index in [9.17, 15) is 21.6 Å². The van der Waals surface area contributed by atoms with Gasteiger partial charge in [-0.05, 0) is 60.9 Å². The minimum absolute atomic E-state index is 0.0105. The van der Waals surface area contributed by atoms with Crippen LogP contribution in [-0.2, 0) is 31.1 Å². The summed E-state index contributed by atoms with van der Waals surface area (Å²) in [6, 6.07) is 3.12. The number of sulfonamides is 1. The molecule has 0 radical (unpaired) electrons. The molecule has 8 nitrogen and oxygen atoms in total. The minimum atomic E-state index is -3.67. The molecule has 1 amide bonds. The number of aryl methyl sites for hydroxylation is 1. The van der Waals surface area contributed by atoms with Gasteiger partial charge in [0.2, 0.25) is 15.9 Å². The van der Waals surface area contributed by atoms with E-state index in [1.807, 2.05) is 17.7 Å². The van der Waals surface area contributed by atoms with Crippen molar-refractivity contribution in [2.75, 3.05) is 19.1 Å². The molecular weight excluding hydrogens is 500 g/mol. The predicted octanol–water partition coefficient (Wildman–Crippen LogP) is 3.74. The number of benzene rings is 1. The zero-order valence-electron chi connectivity index (χ0n) is 21.6. The van der Waals surface area contributed by atoms with Crippen LogP contribution in [0.15, 0.2) is 40.8 Å². The molecule has 0 saturated heterocycles. The van der Waals surface area contributed by atoms with Gasteiger partial charge in [-0.1, -0.05) is 44.9 Å². The summed E-state index contributed by atoms with van der Waals surface area (Å²) in [5.74, 6) is -0.184. The van der Waals surface area contributed by atoms with Gasteiger partial charge in [-0.2, -0.15) is 0 Å².